The number of carboxylic acid groups (broad SMARTS) is 1. The molecule has 1 aromatic carbocycles. The molecule has 0 aliphatic rings. The van der Waals surface area contributed by atoms with Gasteiger partial charge in [0.1, 0.15) is 0 Å². The average Bonchev–Trinajstić information content (AvgIpc) is 3.05. The molecule has 0 fully saturated rings. The Bertz CT molecular complexity index is 656. The predicted octanol–water partition coefficient (Wildman–Crippen LogP) is 4.42. The van der Waals surface area contributed by atoms with E-state index in [9.17, 15) is 9.59 Å². The lowest BCUT2D eigenvalue weighted by Gasteiger charge is -2.07. The molecule has 0 spiro atoms. The minimum Gasteiger partial charge on any atom is -0.481 e. The zero-order chi connectivity index (χ0) is 17.2. The smallest absolute Gasteiger partial charge is 0.304 e. The average molecular weight is 364 g/mol. The number of hydrogen-bond acceptors (Lipinski definition) is 4. The van der Waals surface area contributed by atoms with Crippen LogP contribution in [0.5, 0.6) is 0 Å². The largest absolute Gasteiger partial charge is 0.481 e. The normalized spacial score (nSPS) is 10.5. The second-order valence-corrected chi connectivity index (χ2v) is 7.52. The van der Waals surface area contributed by atoms with Gasteiger partial charge in [-0.25, -0.2) is 0 Å². The number of carbonyl (C=O) groups is 2. The third-order valence-electron chi connectivity index (χ3n) is 3.35. The van der Waals surface area contributed by atoms with Crippen molar-refractivity contribution < 1.29 is 14.7 Å². The number of carboxylic acids is 1. The molecule has 0 radical (unpaired) electrons. The molecule has 0 atom stereocenters. The SMILES string of the molecule is O=C(O)CCSCc1cccc(NC(=O)CCCc2cccs2)c1. The van der Waals surface area contributed by atoms with Crippen molar-refractivity contribution in [3.05, 3.63) is 52.2 Å². The number of thioether (sulfide) groups is 1. The van der Waals surface area contributed by atoms with Crippen molar-refractivity contribution in [2.45, 2.75) is 31.4 Å². The summed E-state index contributed by atoms with van der Waals surface area (Å²) in [6, 6.07) is 11.8. The van der Waals surface area contributed by atoms with E-state index in [-0.39, 0.29) is 12.3 Å². The summed E-state index contributed by atoms with van der Waals surface area (Å²) in [5.74, 6) is 0.595. The maximum atomic E-state index is 12.0. The maximum Gasteiger partial charge on any atom is 0.304 e. The molecule has 0 bridgehead atoms. The molecular weight excluding hydrogens is 342 g/mol. The molecule has 2 aromatic rings. The summed E-state index contributed by atoms with van der Waals surface area (Å²) >= 11 is 3.30. The van der Waals surface area contributed by atoms with E-state index in [2.05, 4.69) is 16.8 Å². The summed E-state index contributed by atoms with van der Waals surface area (Å²) in [7, 11) is 0. The van der Waals surface area contributed by atoms with Crippen LogP contribution in [0.25, 0.3) is 0 Å². The molecule has 0 unspecified atom stereocenters. The van der Waals surface area contributed by atoms with Crippen molar-refractivity contribution in [2.75, 3.05) is 11.1 Å². The van der Waals surface area contributed by atoms with Gasteiger partial charge >= 0.3 is 5.97 Å². The van der Waals surface area contributed by atoms with Gasteiger partial charge < -0.3 is 10.4 Å². The van der Waals surface area contributed by atoms with Crippen LogP contribution in [-0.2, 0) is 21.8 Å². The molecule has 1 heterocycles. The Morgan fingerprint density at radius 3 is 2.79 bits per heavy atom. The molecule has 1 aromatic heterocycles. The van der Waals surface area contributed by atoms with E-state index in [1.807, 2.05) is 30.3 Å². The van der Waals surface area contributed by atoms with E-state index in [1.54, 1.807) is 23.1 Å². The lowest BCUT2D eigenvalue weighted by atomic mass is 10.2. The third kappa shape index (κ3) is 7.19. The number of anilines is 1. The quantitative estimate of drug-likeness (QED) is 0.613. The number of benzene rings is 1. The Kier molecular flexibility index (Phi) is 7.85. The molecular formula is C18H21NO3S2. The highest BCUT2D eigenvalue weighted by molar-refractivity contribution is 7.98. The highest BCUT2D eigenvalue weighted by atomic mass is 32.2. The first-order valence-electron chi connectivity index (χ1n) is 7.84. The highest BCUT2D eigenvalue weighted by Crippen LogP contribution is 2.18. The number of nitrogens with one attached hydrogen (secondary N) is 1. The monoisotopic (exact) mass is 363 g/mol. The van der Waals surface area contributed by atoms with Crippen LogP contribution >= 0.6 is 23.1 Å². The molecule has 128 valence electrons. The molecule has 2 rings (SSSR count). The van der Waals surface area contributed by atoms with E-state index in [1.165, 1.54) is 4.88 Å². The van der Waals surface area contributed by atoms with Crippen LogP contribution in [0.15, 0.2) is 41.8 Å². The second kappa shape index (κ2) is 10.2. The van der Waals surface area contributed by atoms with Crippen LogP contribution in [0.4, 0.5) is 5.69 Å². The lowest BCUT2D eigenvalue weighted by Crippen LogP contribution is -2.11. The van der Waals surface area contributed by atoms with Crippen LogP contribution in [0.2, 0.25) is 0 Å². The Balaban J connectivity index is 1.72. The van der Waals surface area contributed by atoms with Gasteiger partial charge in [0.2, 0.25) is 5.91 Å². The minimum absolute atomic E-state index is 0.0298. The summed E-state index contributed by atoms with van der Waals surface area (Å²) in [6.07, 6.45) is 2.46. The summed E-state index contributed by atoms with van der Waals surface area (Å²) in [5.41, 5.74) is 1.88. The topological polar surface area (TPSA) is 66.4 Å². The van der Waals surface area contributed by atoms with E-state index >= 15 is 0 Å². The van der Waals surface area contributed by atoms with Gasteiger partial charge in [-0.05, 0) is 42.0 Å². The summed E-state index contributed by atoms with van der Waals surface area (Å²) in [5, 5.41) is 13.6. The molecule has 0 saturated heterocycles. The van der Waals surface area contributed by atoms with Gasteiger partial charge in [-0.15, -0.1) is 11.3 Å². The van der Waals surface area contributed by atoms with Crippen LogP contribution in [0, 0.1) is 0 Å². The zero-order valence-electron chi connectivity index (χ0n) is 13.4. The fourth-order valence-electron chi connectivity index (χ4n) is 2.19. The van der Waals surface area contributed by atoms with Gasteiger partial charge in [0.05, 0.1) is 6.42 Å². The summed E-state index contributed by atoms with van der Waals surface area (Å²) in [6.45, 7) is 0. The Hall–Kier alpha value is -1.79. The van der Waals surface area contributed by atoms with Crippen molar-refractivity contribution in [3.63, 3.8) is 0 Å². The van der Waals surface area contributed by atoms with Gasteiger partial charge in [-0.1, -0.05) is 18.2 Å². The molecule has 6 heteroatoms. The second-order valence-electron chi connectivity index (χ2n) is 5.38. The van der Waals surface area contributed by atoms with Crippen molar-refractivity contribution >= 4 is 40.7 Å². The third-order valence-corrected chi connectivity index (χ3v) is 5.31. The molecule has 0 saturated carbocycles. The highest BCUT2D eigenvalue weighted by Gasteiger charge is 2.04. The Morgan fingerprint density at radius 1 is 1.17 bits per heavy atom. The van der Waals surface area contributed by atoms with Crippen molar-refractivity contribution in [2.24, 2.45) is 0 Å². The molecule has 24 heavy (non-hydrogen) atoms. The maximum absolute atomic E-state index is 12.0. The first kappa shape index (κ1) is 18.5. The van der Waals surface area contributed by atoms with Crippen molar-refractivity contribution in [1.82, 2.24) is 0 Å². The number of thiophene rings is 1. The fraction of sp³-hybridized carbons (Fsp3) is 0.333. The molecule has 1 amide bonds. The van der Waals surface area contributed by atoms with Crippen LogP contribution in [0.1, 0.15) is 29.7 Å². The number of carbonyl (C=O) groups excluding carboxylic acids is 1. The van der Waals surface area contributed by atoms with Gasteiger partial charge in [0.25, 0.3) is 0 Å². The van der Waals surface area contributed by atoms with E-state index in [4.69, 9.17) is 5.11 Å². The first-order valence-corrected chi connectivity index (χ1v) is 9.87. The van der Waals surface area contributed by atoms with E-state index in [0.29, 0.717) is 12.2 Å². The van der Waals surface area contributed by atoms with Crippen LogP contribution in [-0.4, -0.2) is 22.7 Å². The standard InChI is InChI=1S/C18H21NO3S2/c20-17(8-2-6-16-7-3-10-24-16)19-15-5-1-4-14(12-15)13-23-11-9-18(21)22/h1,3-5,7,10,12H,2,6,8-9,11,13H2,(H,19,20)(H,21,22). The van der Waals surface area contributed by atoms with Gasteiger partial charge in [-0.2, -0.15) is 11.8 Å². The molecule has 0 aliphatic carbocycles. The van der Waals surface area contributed by atoms with Gasteiger partial charge in [0, 0.05) is 28.5 Å². The number of hydrogen-bond donors (Lipinski definition) is 2. The summed E-state index contributed by atoms with van der Waals surface area (Å²) < 4.78 is 0. The molecule has 4 nitrogen and oxygen atoms in total. The lowest BCUT2D eigenvalue weighted by molar-refractivity contribution is -0.136. The summed E-state index contributed by atoms with van der Waals surface area (Å²) in [4.78, 5) is 23.8. The number of rotatable bonds is 10. The molecule has 0 aliphatic heterocycles. The number of amides is 1. The van der Waals surface area contributed by atoms with Gasteiger partial charge in [0.15, 0.2) is 0 Å². The zero-order valence-corrected chi connectivity index (χ0v) is 15.0. The Morgan fingerprint density at radius 2 is 2.04 bits per heavy atom. The minimum atomic E-state index is -0.772. The van der Waals surface area contributed by atoms with Crippen molar-refractivity contribution in [1.29, 1.82) is 0 Å². The predicted molar refractivity (Wildman–Crippen MR) is 101 cm³/mol. The van der Waals surface area contributed by atoms with Crippen molar-refractivity contribution in [3.8, 4) is 0 Å². The van der Waals surface area contributed by atoms with E-state index in [0.717, 1.165) is 29.8 Å². The number of aliphatic carboxylic acids is 1. The fourth-order valence-corrected chi connectivity index (χ4v) is 3.82. The molecule has 2 N–H and O–H groups in total. The Labute approximate surface area is 150 Å². The van der Waals surface area contributed by atoms with Crippen LogP contribution in [0.3, 0.4) is 0 Å². The first-order chi connectivity index (χ1) is 11.6. The van der Waals surface area contributed by atoms with Gasteiger partial charge in [-0.3, -0.25) is 9.59 Å². The van der Waals surface area contributed by atoms with E-state index < -0.39 is 5.97 Å². The number of aryl methyl sites for hydroxylation is 1. The van der Waals surface area contributed by atoms with Crippen LogP contribution < -0.4 is 5.32 Å².